The summed E-state index contributed by atoms with van der Waals surface area (Å²) in [5.74, 6) is 1.41. The lowest BCUT2D eigenvalue weighted by molar-refractivity contribution is -0.118. The van der Waals surface area contributed by atoms with E-state index in [0.717, 1.165) is 47.6 Å². The molecule has 2 aliphatic rings. The van der Waals surface area contributed by atoms with E-state index in [2.05, 4.69) is 5.32 Å². The first-order valence-corrected chi connectivity index (χ1v) is 8.84. The summed E-state index contributed by atoms with van der Waals surface area (Å²) in [6, 6.07) is 11.5. The van der Waals surface area contributed by atoms with Gasteiger partial charge in [0.15, 0.2) is 0 Å². The van der Waals surface area contributed by atoms with Crippen LogP contribution in [0.25, 0.3) is 6.08 Å². The van der Waals surface area contributed by atoms with E-state index in [1.807, 2.05) is 42.5 Å². The molecule has 26 heavy (non-hydrogen) atoms. The normalized spacial score (nSPS) is 18.0. The highest BCUT2D eigenvalue weighted by Gasteiger charge is 2.25. The molecule has 0 aromatic heterocycles. The maximum atomic E-state index is 12.8. The second kappa shape index (κ2) is 6.75. The number of anilines is 1. The summed E-state index contributed by atoms with van der Waals surface area (Å²) in [4.78, 5) is 12.8. The maximum Gasteiger partial charge on any atom is 0.251 e. The minimum Gasteiger partial charge on any atom is -0.497 e. The van der Waals surface area contributed by atoms with Gasteiger partial charge in [-0.15, -0.1) is 0 Å². The van der Waals surface area contributed by atoms with E-state index >= 15 is 0 Å². The number of hydrogen-bond donors (Lipinski definition) is 2. The summed E-state index contributed by atoms with van der Waals surface area (Å²) >= 11 is 0. The van der Waals surface area contributed by atoms with Gasteiger partial charge in [-0.05, 0) is 66.8 Å². The molecule has 1 amide bonds. The summed E-state index contributed by atoms with van der Waals surface area (Å²) in [7, 11) is 1.62. The smallest absolute Gasteiger partial charge is 0.251 e. The van der Waals surface area contributed by atoms with Crippen molar-refractivity contribution in [2.24, 2.45) is 0 Å². The molecule has 134 valence electrons. The number of carbonyl (C=O) groups excluding carboxylic acids is 1. The Morgan fingerprint density at radius 1 is 1.27 bits per heavy atom. The molecule has 3 N–H and O–H groups in total. The van der Waals surface area contributed by atoms with Crippen molar-refractivity contribution in [2.45, 2.75) is 25.3 Å². The first-order chi connectivity index (χ1) is 12.6. The number of nitrogen functional groups attached to an aromatic ring is 1. The standard InChI is InChI=1S/C21H22N2O3/c1-25-17-6-8-20-14(11-17)9-15(12-26-20)21(24)23-19-4-2-3-13-10-16(22)5-7-18(13)19/h5-11,19H,2-4,12,22H2,1H3,(H,23,24). The van der Waals surface area contributed by atoms with Gasteiger partial charge < -0.3 is 20.5 Å². The van der Waals surface area contributed by atoms with Gasteiger partial charge in [0.2, 0.25) is 0 Å². The number of nitrogens with one attached hydrogen (secondary N) is 1. The molecule has 1 atom stereocenters. The fourth-order valence-electron chi connectivity index (χ4n) is 3.65. The molecule has 1 heterocycles. The molecule has 1 aliphatic carbocycles. The molecular formula is C21H22N2O3. The number of carbonyl (C=O) groups is 1. The Labute approximate surface area is 152 Å². The lowest BCUT2D eigenvalue weighted by atomic mass is 9.87. The van der Waals surface area contributed by atoms with Crippen LogP contribution in [0, 0.1) is 0 Å². The third kappa shape index (κ3) is 3.12. The van der Waals surface area contributed by atoms with Crippen molar-refractivity contribution in [1.82, 2.24) is 5.32 Å². The van der Waals surface area contributed by atoms with Crippen molar-refractivity contribution < 1.29 is 14.3 Å². The van der Waals surface area contributed by atoms with Gasteiger partial charge in [-0.3, -0.25) is 4.79 Å². The fourth-order valence-corrected chi connectivity index (χ4v) is 3.65. The molecule has 2 aromatic carbocycles. The molecule has 5 nitrogen and oxygen atoms in total. The van der Waals surface area contributed by atoms with Crippen LogP contribution in [0.2, 0.25) is 0 Å². The molecule has 0 saturated carbocycles. The predicted octanol–water partition coefficient (Wildman–Crippen LogP) is 3.25. The summed E-state index contributed by atoms with van der Waals surface area (Å²) < 4.78 is 11.0. The van der Waals surface area contributed by atoms with Gasteiger partial charge in [0.25, 0.3) is 5.91 Å². The van der Waals surface area contributed by atoms with E-state index in [0.29, 0.717) is 5.57 Å². The number of amides is 1. The summed E-state index contributed by atoms with van der Waals surface area (Å²) in [5.41, 5.74) is 10.5. The first-order valence-electron chi connectivity index (χ1n) is 8.84. The van der Waals surface area contributed by atoms with E-state index in [1.54, 1.807) is 7.11 Å². The number of methoxy groups -OCH3 is 1. The zero-order valence-corrected chi connectivity index (χ0v) is 14.7. The lowest BCUT2D eigenvalue weighted by Gasteiger charge is -2.27. The van der Waals surface area contributed by atoms with Gasteiger partial charge in [0.1, 0.15) is 18.1 Å². The Hall–Kier alpha value is -2.95. The van der Waals surface area contributed by atoms with Gasteiger partial charge in [0.05, 0.1) is 18.7 Å². The highest BCUT2D eigenvalue weighted by atomic mass is 16.5. The molecule has 5 heteroatoms. The van der Waals surface area contributed by atoms with Gasteiger partial charge in [0, 0.05) is 11.3 Å². The van der Waals surface area contributed by atoms with E-state index in [-0.39, 0.29) is 18.6 Å². The SMILES string of the molecule is COc1ccc2c(c1)C=C(C(=O)NC1CCCc3cc(N)ccc31)CO2. The van der Waals surface area contributed by atoms with Crippen LogP contribution >= 0.6 is 0 Å². The molecule has 4 rings (SSSR count). The average Bonchev–Trinajstić information content (AvgIpc) is 2.67. The van der Waals surface area contributed by atoms with Gasteiger partial charge in [-0.1, -0.05) is 6.07 Å². The van der Waals surface area contributed by atoms with Crippen molar-refractivity contribution in [3.63, 3.8) is 0 Å². The first kappa shape index (κ1) is 16.5. The number of aryl methyl sites for hydroxylation is 1. The summed E-state index contributed by atoms with van der Waals surface area (Å²) in [6.07, 6.45) is 4.85. The number of rotatable bonds is 3. The van der Waals surface area contributed by atoms with Gasteiger partial charge in [-0.2, -0.15) is 0 Å². The van der Waals surface area contributed by atoms with Crippen LogP contribution in [0.4, 0.5) is 5.69 Å². The molecule has 0 fully saturated rings. The molecular weight excluding hydrogens is 328 g/mol. The molecule has 0 bridgehead atoms. The fraction of sp³-hybridized carbons (Fsp3) is 0.286. The van der Waals surface area contributed by atoms with E-state index < -0.39 is 0 Å². The molecule has 1 unspecified atom stereocenters. The zero-order chi connectivity index (χ0) is 18.1. The van der Waals surface area contributed by atoms with Crippen molar-refractivity contribution in [3.05, 3.63) is 58.7 Å². The number of fused-ring (bicyclic) bond motifs is 2. The van der Waals surface area contributed by atoms with Crippen molar-refractivity contribution >= 4 is 17.7 Å². The van der Waals surface area contributed by atoms with Crippen LogP contribution in [0.3, 0.4) is 0 Å². The minimum atomic E-state index is -0.0897. The second-order valence-electron chi connectivity index (χ2n) is 6.74. The molecule has 1 aliphatic heterocycles. The van der Waals surface area contributed by atoms with Crippen molar-refractivity contribution in [1.29, 1.82) is 0 Å². The lowest BCUT2D eigenvalue weighted by Crippen LogP contribution is -2.34. The largest absolute Gasteiger partial charge is 0.497 e. The van der Waals surface area contributed by atoms with Crippen LogP contribution < -0.4 is 20.5 Å². The Kier molecular flexibility index (Phi) is 4.29. The molecule has 0 saturated heterocycles. The van der Waals surface area contributed by atoms with E-state index in [1.165, 1.54) is 5.56 Å². The van der Waals surface area contributed by atoms with E-state index in [4.69, 9.17) is 15.2 Å². The number of hydrogen-bond acceptors (Lipinski definition) is 4. The zero-order valence-electron chi connectivity index (χ0n) is 14.7. The molecule has 2 aromatic rings. The molecule has 0 spiro atoms. The van der Waals surface area contributed by atoms with Crippen molar-refractivity contribution in [2.75, 3.05) is 19.5 Å². The van der Waals surface area contributed by atoms with Crippen LogP contribution in [-0.2, 0) is 11.2 Å². The van der Waals surface area contributed by atoms with Gasteiger partial charge in [-0.25, -0.2) is 0 Å². The Balaban J connectivity index is 1.55. The summed E-state index contributed by atoms with van der Waals surface area (Å²) in [5, 5.41) is 3.16. The maximum absolute atomic E-state index is 12.8. The van der Waals surface area contributed by atoms with E-state index in [9.17, 15) is 4.79 Å². The highest BCUT2D eigenvalue weighted by Crippen LogP contribution is 2.33. The summed E-state index contributed by atoms with van der Waals surface area (Å²) in [6.45, 7) is 0.270. The van der Waals surface area contributed by atoms with Crippen LogP contribution in [0.15, 0.2) is 42.0 Å². The highest BCUT2D eigenvalue weighted by molar-refractivity contribution is 5.99. The van der Waals surface area contributed by atoms with Crippen LogP contribution in [0.5, 0.6) is 11.5 Å². The Morgan fingerprint density at radius 3 is 3.00 bits per heavy atom. The van der Waals surface area contributed by atoms with Crippen LogP contribution in [-0.4, -0.2) is 19.6 Å². The average molecular weight is 350 g/mol. The van der Waals surface area contributed by atoms with Crippen molar-refractivity contribution in [3.8, 4) is 11.5 Å². The predicted molar refractivity (Wildman–Crippen MR) is 101 cm³/mol. The van der Waals surface area contributed by atoms with Crippen LogP contribution in [0.1, 0.15) is 35.6 Å². The number of benzene rings is 2. The quantitative estimate of drug-likeness (QED) is 0.834. The Morgan fingerprint density at radius 2 is 2.15 bits per heavy atom. The topological polar surface area (TPSA) is 73.6 Å². The number of ether oxygens (including phenoxy) is 2. The second-order valence-corrected chi connectivity index (χ2v) is 6.74. The third-order valence-corrected chi connectivity index (χ3v) is 5.01. The third-order valence-electron chi connectivity index (χ3n) is 5.01. The van der Waals surface area contributed by atoms with Gasteiger partial charge >= 0.3 is 0 Å². The minimum absolute atomic E-state index is 0.0134. The molecule has 0 radical (unpaired) electrons. The number of nitrogens with two attached hydrogens (primary N) is 1. The monoisotopic (exact) mass is 350 g/mol. The Bertz CT molecular complexity index is 889.